The highest BCUT2D eigenvalue weighted by molar-refractivity contribution is 7.89. The summed E-state index contributed by atoms with van der Waals surface area (Å²) in [6.07, 6.45) is -0.0114. The standard InChI is InChI=1S/C25H22ClNO6S/c1-16-4-2-3-5-21(16)22-14-25(22,24(30)31)27(15-23(28)29)34(32,33)20-12-8-18(9-13-20)17-6-10-19(26)11-7-17/h2-13,22H,14-15H2,1H3,(H,28,29)(H,30,31). The van der Waals surface area contributed by atoms with Crippen LogP contribution in [0.1, 0.15) is 23.5 Å². The summed E-state index contributed by atoms with van der Waals surface area (Å²) in [5.74, 6) is -3.46. The fourth-order valence-corrected chi connectivity index (χ4v) is 6.22. The largest absolute Gasteiger partial charge is 0.480 e. The third kappa shape index (κ3) is 4.20. The normalized spacial score (nSPS) is 19.7. The quantitative estimate of drug-likeness (QED) is 0.475. The molecule has 0 aromatic heterocycles. The van der Waals surface area contributed by atoms with Crippen molar-refractivity contribution in [3.05, 3.63) is 88.9 Å². The lowest BCUT2D eigenvalue weighted by molar-refractivity contribution is -0.145. The van der Waals surface area contributed by atoms with E-state index >= 15 is 0 Å². The molecule has 4 rings (SSSR count). The maximum atomic E-state index is 13.6. The van der Waals surface area contributed by atoms with Gasteiger partial charge in [0, 0.05) is 10.9 Å². The molecule has 1 aliphatic rings. The Morgan fingerprint density at radius 1 is 0.971 bits per heavy atom. The van der Waals surface area contributed by atoms with E-state index in [-0.39, 0.29) is 11.3 Å². The van der Waals surface area contributed by atoms with Gasteiger partial charge in [0.05, 0.1) is 4.90 Å². The first-order valence-electron chi connectivity index (χ1n) is 10.5. The first-order valence-corrected chi connectivity index (χ1v) is 12.3. The predicted octanol–water partition coefficient (Wildman–Crippen LogP) is 4.40. The van der Waals surface area contributed by atoms with Crippen molar-refractivity contribution in [3.63, 3.8) is 0 Å². The number of hydrogen-bond acceptors (Lipinski definition) is 4. The van der Waals surface area contributed by atoms with Crippen LogP contribution in [0.2, 0.25) is 5.02 Å². The van der Waals surface area contributed by atoms with Gasteiger partial charge in [-0.05, 0) is 59.9 Å². The van der Waals surface area contributed by atoms with Gasteiger partial charge in [0.15, 0.2) is 0 Å². The number of aryl methyl sites for hydroxylation is 1. The Bertz CT molecular complexity index is 1350. The number of carboxylic acid groups (broad SMARTS) is 2. The van der Waals surface area contributed by atoms with Crippen LogP contribution in [-0.4, -0.2) is 47.0 Å². The molecule has 2 N–H and O–H groups in total. The SMILES string of the molecule is Cc1ccccc1C1CC1(C(=O)O)N(CC(=O)O)S(=O)(=O)c1ccc(-c2ccc(Cl)cc2)cc1. The van der Waals surface area contributed by atoms with E-state index in [1.165, 1.54) is 12.1 Å². The van der Waals surface area contributed by atoms with Crippen LogP contribution in [0.5, 0.6) is 0 Å². The zero-order valence-electron chi connectivity index (χ0n) is 18.2. The summed E-state index contributed by atoms with van der Waals surface area (Å²) in [5, 5.41) is 20.2. The smallest absolute Gasteiger partial charge is 0.325 e. The number of sulfonamides is 1. The molecule has 3 aromatic carbocycles. The van der Waals surface area contributed by atoms with Crippen molar-refractivity contribution in [2.75, 3.05) is 6.54 Å². The van der Waals surface area contributed by atoms with Crippen molar-refractivity contribution < 1.29 is 28.2 Å². The summed E-state index contributed by atoms with van der Waals surface area (Å²) in [6, 6.07) is 20.0. The molecule has 0 heterocycles. The van der Waals surface area contributed by atoms with Crippen molar-refractivity contribution in [1.82, 2.24) is 4.31 Å². The van der Waals surface area contributed by atoms with Gasteiger partial charge >= 0.3 is 11.9 Å². The predicted molar refractivity (Wildman–Crippen MR) is 127 cm³/mol. The molecule has 176 valence electrons. The molecule has 1 fully saturated rings. The van der Waals surface area contributed by atoms with Crippen molar-refractivity contribution in [2.45, 2.75) is 29.7 Å². The first kappa shape index (κ1) is 23.9. The summed E-state index contributed by atoms with van der Waals surface area (Å²) >= 11 is 5.92. The van der Waals surface area contributed by atoms with E-state index in [4.69, 9.17) is 11.6 Å². The van der Waals surface area contributed by atoms with Gasteiger partial charge in [-0.15, -0.1) is 0 Å². The Morgan fingerprint density at radius 3 is 2.06 bits per heavy atom. The van der Waals surface area contributed by atoms with Crippen molar-refractivity contribution >= 4 is 33.6 Å². The molecule has 34 heavy (non-hydrogen) atoms. The highest BCUT2D eigenvalue weighted by Crippen LogP contribution is 2.57. The number of nitrogens with zero attached hydrogens (tertiary/aromatic N) is 1. The second-order valence-electron chi connectivity index (χ2n) is 8.28. The third-order valence-electron chi connectivity index (χ3n) is 6.21. The summed E-state index contributed by atoms with van der Waals surface area (Å²) in [5.41, 5.74) is 1.18. The Labute approximate surface area is 202 Å². The maximum Gasteiger partial charge on any atom is 0.325 e. The van der Waals surface area contributed by atoms with Crippen LogP contribution in [0, 0.1) is 6.92 Å². The van der Waals surface area contributed by atoms with Gasteiger partial charge < -0.3 is 10.2 Å². The second-order valence-corrected chi connectivity index (χ2v) is 10.6. The number of carbonyl (C=O) groups is 2. The average molecular weight is 500 g/mol. The van der Waals surface area contributed by atoms with Crippen LogP contribution in [0.3, 0.4) is 0 Å². The summed E-state index contributed by atoms with van der Waals surface area (Å²) in [4.78, 5) is 23.9. The van der Waals surface area contributed by atoms with Crippen LogP contribution >= 0.6 is 11.6 Å². The third-order valence-corrected chi connectivity index (χ3v) is 8.36. The molecule has 0 radical (unpaired) electrons. The zero-order chi connectivity index (χ0) is 24.7. The van der Waals surface area contributed by atoms with E-state index in [0.717, 1.165) is 16.7 Å². The molecule has 2 atom stereocenters. The molecule has 9 heteroatoms. The van der Waals surface area contributed by atoms with Gasteiger partial charge in [0.25, 0.3) is 0 Å². The number of benzene rings is 3. The Morgan fingerprint density at radius 2 is 1.53 bits per heavy atom. The lowest BCUT2D eigenvalue weighted by Gasteiger charge is -2.28. The van der Waals surface area contributed by atoms with E-state index < -0.39 is 40.0 Å². The van der Waals surface area contributed by atoms with E-state index in [0.29, 0.717) is 14.9 Å². The van der Waals surface area contributed by atoms with Crippen LogP contribution in [0.25, 0.3) is 11.1 Å². The minimum atomic E-state index is -4.45. The molecule has 1 aliphatic carbocycles. The molecule has 0 aliphatic heterocycles. The molecule has 0 saturated heterocycles. The molecule has 7 nitrogen and oxygen atoms in total. The number of carboxylic acids is 2. The highest BCUT2D eigenvalue weighted by Gasteiger charge is 2.68. The van der Waals surface area contributed by atoms with E-state index in [2.05, 4.69) is 0 Å². The van der Waals surface area contributed by atoms with E-state index in [9.17, 15) is 28.2 Å². The minimum absolute atomic E-state index is 0.0114. The fourth-order valence-electron chi connectivity index (χ4n) is 4.37. The summed E-state index contributed by atoms with van der Waals surface area (Å²) in [6.45, 7) is 0.849. The topological polar surface area (TPSA) is 112 Å². The monoisotopic (exact) mass is 499 g/mol. The molecule has 2 unspecified atom stereocenters. The molecule has 3 aromatic rings. The summed E-state index contributed by atoms with van der Waals surface area (Å²) < 4.78 is 27.8. The lowest BCUT2D eigenvalue weighted by atomic mass is 10.0. The van der Waals surface area contributed by atoms with Crippen LogP contribution in [-0.2, 0) is 19.6 Å². The molecule has 1 saturated carbocycles. The minimum Gasteiger partial charge on any atom is -0.480 e. The van der Waals surface area contributed by atoms with Crippen molar-refractivity contribution in [3.8, 4) is 11.1 Å². The van der Waals surface area contributed by atoms with E-state index in [1.54, 1.807) is 54.6 Å². The second kappa shape index (κ2) is 8.87. The van der Waals surface area contributed by atoms with Crippen LogP contribution < -0.4 is 0 Å². The number of rotatable bonds is 8. The molecule has 0 bridgehead atoms. The van der Waals surface area contributed by atoms with Gasteiger partial charge in [-0.3, -0.25) is 9.59 Å². The Balaban J connectivity index is 1.74. The molecule has 0 amide bonds. The average Bonchev–Trinajstić information content (AvgIpc) is 3.55. The van der Waals surface area contributed by atoms with Crippen molar-refractivity contribution in [2.24, 2.45) is 0 Å². The molecular formula is C25H22ClNO6S. The van der Waals surface area contributed by atoms with Gasteiger partial charge in [-0.1, -0.05) is 60.1 Å². The van der Waals surface area contributed by atoms with Crippen molar-refractivity contribution in [1.29, 1.82) is 0 Å². The van der Waals surface area contributed by atoms with Gasteiger partial charge in [0.1, 0.15) is 12.1 Å². The van der Waals surface area contributed by atoms with Gasteiger partial charge in [0.2, 0.25) is 10.0 Å². The lowest BCUT2D eigenvalue weighted by Crippen LogP contribution is -2.50. The zero-order valence-corrected chi connectivity index (χ0v) is 19.8. The fraction of sp³-hybridized carbons (Fsp3) is 0.200. The highest BCUT2D eigenvalue weighted by atomic mass is 35.5. The van der Waals surface area contributed by atoms with E-state index in [1.807, 2.05) is 13.0 Å². The Kier molecular flexibility index (Phi) is 6.24. The van der Waals surface area contributed by atoms with Crippen LogP contribution in [0.4, 0.5) is 0 Å². The maximum absolute atomic E-state index is 13.6. The van der Waals surface area contributed by atoms with Gasteiger partial charge in [-0.25, -0.2) is 8.42 Å². The number of halogens is 1. The Hall–Kier alpha value is -3.20. The number of hydrogen-bond donors (Lipinski definition) is 2. The first-order chi connectivity index (χ1) is 16.1. The van der Waals surface area contributed by atoms with Crippen LogP contribution in [0.15, 0.2) is 77.7 Å². The number of aliphatic carboxylic acids is 2. The summed E-state index contributed by atoms with van der Waals surface area (Å²) in [7, 11) is -4.45. The van der Waals surface area contributed by atoms with Gasteiger partial charge in [-0.2, -0.15) is 4.31 Å². The molecular weight excluding hydrogens is 478 g/mol. The molecule has 0 spiro atoms.